The van der Waals surface area contributed by atoms with Crippen LogP contribution in [0.3, 0.4) is 0 Å². The van der Waals surface area contributed by atoms with Gasteiger partial charge in [0.25, 0.3) is 0 Å². The van der Waals surface area contributed by atoms with Gasteiger partial charge in [0.05, 0.1) is 11.4 Å². The van der Waals surface area contributed by atoms with E-state index in [-0.39, 0.29) is 12.2 Å². The number of carboxylic acids is 1. The summed E-state index contributed by atoms with van der Waals surface area (Å²) in [5, 5.41) is 8.96. The molecule has 0 saturated heterocycles. The number of carbonyl (C=O) groups excluding carboxylic acids is 1. The largest absolute Gasteiger partial charge is 0.481 e. The number of hydrogen-bond donors (Lipinski definition) is 1. The smallest absolute Gasteiger partial charge is 0.307 e. The summed E-state index contributed by atoms with van der Waals surface area (Å²) in [5.41, 5.74) is 2.59. The fourth-order valence-corrected chi connectivity index (χ4v) is 1.90. The molecule has 0 amide bonds. The van der Waals surface area contributed by atoms with Crippen molar-refractivity contribution in [1.82, 2.24) is 0 Å². The normalized spacial score (nSPS) is 9.48. The van der Waals surface area contributed by atoms with Gasteiger partial charge < -0.3 is 5.11 Å². The van der Waals surface area contributed by atoms with Crippen molar-refractivity contribution in [2.75, 3.05) is 0 Å². The highest BCUT2D eigenvalue weighted by molar-refractivity contribution is 6.33. The van der Waals surface area contributed by atoms with Crippen molar-refractivity contribution in [3.8, 4) is 0 Å². The summed E-state index contributed by atoms with van der Waals surface area (Å²) >= 11 is 5.70. The topological polar surface area (TPSA) is 54.4 Å². The second-order valence-corrected chi connectivity index (χ2v) is 5.00. The van der Waals surface area contributed by atoms with Crippen LogP contribution in [-0.4, -0.2) is 16.9 Å². The Morgan fingerprint density at radius 1 is 1.05 bits per heavy atom. The van der Waals surface area contributed by atoms with Crippen LogP contribution in [0.5, 0.6) is 0 Å². The van der Waals surface area contributed by atoms with E-state index in [1.54, 1.807) is 24.3 Å². The molecule has 0 aliphatic carbocycles. The first-order valence-corrected chi connectivity index (χ1v) is 6.80. The first-order chi connectivity index (χ1) is 9.90. The predicted octanol–water partition coefficient (Wildman–Crippen LogP) is 4.16. The third kappa shape index (κ3) is 6.23. The van der Waals surface area contributed by atoms with Gasteiger partial charge in [0.2, 0.25) is 0 Å². The lowest BCUT2D eigenvalue weighted by Crippen LogP contribution is -1.99. The van der Waals surface area contributed by atoms with E-state index in [1.807, 2.05) is 31.2 Å². The van der Waals surface area contributed by atoms with Gasteiger partial charge >= 0.3 is 5.97 Å². The Hall–Kier alpha value is -2.13. The van der Waals surface area contributed by atoms with Gasteiger partial charge in [0.1, 0.15) is 0 Å². The summed E-state index contributed by atoms with van der Waals surface area (Å²) in [6, 6.07) is 14.5. The van der Waals surface area contributed by atoms with Crippen LogP contribution < -0.4 is 0 Å². The molecule has 110 valence electrons. The molecule has 0 heterocycles. The van der Waals surface area contributed by atoms with Crippen molar-refractivity contribution in [2.45, 2.75) is 20.3 Å². The van der Waals surface area contributed by atoms with E-state index in [9.17, 15) is 9.59 Å². The Labute approximate surface area is 129 Å². The molecule has 0 unspecified atom stereocenters. The van der Waals surface area contributed by atoms with Gasteiger partial charge in [-0.1, -0.05) is 53.6 Å². The molecule has 0 spiro atoms. The maximum atomic E-state index is 10.8. The van der Waals surface area contributed by atoms with Crippen molar-refractivity contribution in [1.29, 1.82) is 0 Å². The van der Waals surface area contributed by atoms with E-state index in [0.717, 1.165) is 11.1 Å². The standard InChI is InChI=1S/C9H10O2.C8H7ClO/c1-7-2-4-8(5-3-7)6-9(10)11;1-6(10)7-4-2-3-5-8(7)9/h2-5H,6H2,1H3,(H,10,11);2-5H,1H3. The SMILES string of the molecule is CC(=O)c1ccccc1Cl.Cc1ccc(CC(=O)O)cc1. The molecule has 0 radical (unpaired) electrons. The van der Waals surface area contributed by atoms with Crippen molar-refractivity contribution < 1.29 is 14.7 Å². The van der Waals surface area contributed by atoms with E-state index < -0.39 is 5.97 Å². The summed E-state index contributed by atoms with van der Waals surface area (Å²) in [6.45, 7) is 3.48. The molecule has 4 heteroatoms. The summed E-state index contributed by atoms with van der Waals surface area (Å²) in [5.74, 6) is -0.778. The maximum Gasteiger partial charge on any atom is 0.307 e. The fraction of sp³-hybridized carbons (Fsp3) is 0.176. The van der Waals surface area contributed by atoms with E-state index >= 15 is 0 Å². The number of benzene rings is 2. The van der Waals surface area contributed by atoms with Gasteiger partial charge in [-0.05, 0) is 31.5 Å². The second kappa shape index (κ2) is 8.22. The van der Waals surface area contributed by atoms with Crippen molar-refractivity contribution in [3.63, 3.8) is 0 Å². The molecule has 0 bridgehead atoms. The minimum Gasteiger partial charge on any atom is -0.481 e. The number of Topliss-reactive ketones (excluding diaryl/α,β-unsaturated/α-hetero) is 1. The lowest BCUT2D eigenvalue weighted by molar-refractivity contribution is -0.136. The maximum absolute atomic E-state index is 10.8. The molecule has 3 nitrogen and oxygen atoms in total. The molecule has 2 aromatic carbocycles. The van der Waals surface area contributed by atoms with E-state index in [0.29, 0.717) is 10.6 Å². The minimum atomic E-state index is -0.783. The Bertz CT molecular complexity index is 618. The van der Waals surface area contributed by atoms with Gasteiger partial charge in [-0.25, -0.2) is 0 Å². The Morgan fingerprint density at radius 2 is 1.62 bits per heavy atom. The zero-order chi connectivity index (χ0) is 15.8. The number of rotatable bonds is 3. The summed E-state index contributed by atoms with van der Waals surface area (Å²) in [7, 11) is 0. The monoisotopic (exact) mass is 304 g/mol. The molecule has 0 aromatic heterocycles. The number of ketones is 1. The van der Waals surface area contributed by atoms with Crippen molar-refractivity contribution in [3.05, 3.63) is 70.2 Å². The van der Waals surface area contributed by atoms with E-state index in [1.165, 1.54) is 6.92 Å². The number of carbonyl (C=O) groups is 2. The van der Waals surface area contributed by atoms with Gasteiger partial charge in [-0.2, -0.15) is 0 Å². The van der Waals surface area contributed by atoms with Gasteiger partial charge in [0, 0.05) is 5.56 Å². The Kier molecular flexibility index (Phi) is 6.63. The van der Waals surface area contributed by atoms with Crippen LogP contribution in [0.25, 0.3) is 0 Å². The first-order valence-electron chi connectivity index (χ1n) is 6.43. The third-order valence-electron chi connectivity index (χ3n) is 2.73. The van der Waals surface area contributed by atoms with Crippen LogP contribution in [0.15, 0.2) is 48.5 Å². The molecule has 21 heavy (non-hydrogen) atoms. The Morgan fingerprint density at radius 3 is 2.05 bits per heavy atom. The highest BCUT2D eigenvalue weighted by Crippen LogP contribution is 2.14. The van der Waals surface area contributed by atoms with Gasteiger partial charge in [0.15, 0.2) is 5.78 Å². The van der Waals surface area contributed by atoms with E-state index in [2.05, 4.69) is 0 Å². The summed E-state index contributed by atoms with van der Waals surface area (Å²) < 4.78 is 0. The average Bonchev–Trinajstić information content (AvgIpc) is 2.42. The number of halogens is 1. The number of aliphatic carboxylic acids is 1. The average molecular weight is 305 g/mol. The molecular formula is C17H17ClO3. The van der Waals surface area contributed by atoms with Crippen LogP contribution in [0, 0.1) is 6.92 Å². The third-order valence-corrected chi connectivity index (χ3v) is 3.06. The highest BCUT2D eigenvalue weighted by atomic mass is 35.5. The molecule has 0 fully saturated rings. The van der Waals surface area contributed by atoms with Crippen molar-refractivity contribution >= 4 is 23.4 Å². The fourth-order valence-electron chi connectivity index (χ4n) is 1.63. The number of carboxylic acid groups (broad SMARTS) is 1. The second-order valence-electron chi connectivity index (χ2n) is 4.59. The molecule has 2 aromatic rings. The molecule has 1 N–H and O–H groups in total. The molecule has 0 atom stereocenters. The summed E-state index contributed by atoms with van der Waals surface area (Å²) in [6.07, 6.45) is 0.111. The highest BCUT2D eigenvalue weighted by Gasteiger charge is 2.01. The zero-order valence-corrected chi connectivity index (χ0v) is 12.7. The zero-order valence-electron chi connectivity index (χ0n) is 12.0. The van der Waals surface area contributed by atoms with Crippen LogP contribution >= 0.6 is 11.6 Å². The first kappa shape index (κ1) is 16.9. The van der Waals surface area contributed by atoms with E-state index in [4.69, 9.17) is 16.7 Å². The number of aryl methyl sites for hydroxylation is 1. The minimum absolute atomic E-state index is 0.00519. The van der Waals surface area contributed by atoms with Gasteiger partial charge in [-0.3, -0.25) is 9.59 Å². The molecule has 2 rings (SSSR count). The lowest BCUT2D eigenvalue weighted by Gasteiger charge is -1.96. The molecule has 0 aliphatic rings. The van der Waals surface area contributed by atoms with Crippen LogP contribution in [-0.2, 0) is 11.2 Å². The van der Waals surface area contributed by atoms with Crippen molar-refractivity contribution in [2.24, 2.45) is 0 Å². The molecule has 0 aliphatic heterocycles. The van der Waals surface area contributed by atoms with Gasteiger partial charge in [-0.15, -0.1) is 0 Å². The van der Waals surface area contributed by atoms with Crippen LogP contribution in [0.4, 0.5) is 0 Å². The molecular weight excluding hydrogens is 288 g/mol. The van der Waals surface area contributed by atoms with Crippen LogP contribution in [0.1, 0.15) is 28.4 Å². The quantitative estimate of drug-likeness (QED) is 0.866. The van der Waals surface area contributed by atoms with Crippen LogP contribution in [0.2, 0.25) is 5.02 Å². The molecule has 0 saturated carbocycles. The lowest BCUT2D eigenvalue weighted by atomic mass is 10.1. The predicted molar refractivity (Wildman–Crippen MR) is 84.0 cm³/mol. The Balaban J connectivity index is 0.000000211. The number of hydrogen-bond acceptors (Lipinski definition) is 2. The summed E-state index contributed by atoms with van der Waals surface area (Å²) in [4.78, 5) is 21.0.